The van der Waals surface area contributed by atoms with Gasteiger partial charge < -0.3 is 26.6 Å². The third-order valence-electron chi connectivity index (χ3n) is 3.08. The van der Waals surface area contributed by atoms with Gasteiger partial charge in [-0.25, -0.2) is 0 Å². The van der Waals surface area contributed by atoms with E-state index in [2.05, 4.69) is 5.32 Å². The van der Waals surface area contributed by atoms with E-state index in [1.165, 1.54) is 5.56 Å². The SMILES string of the molecule is Nc1cccc(OC[C@@H](O)CNCc2ccccc2)c1N. The maximum atomic E-state index is 9.89. The monoisotopic (exact) mass is 287 g/mol. The van der Waals surface area contributed by atoms with Crippen LogP contribution in [-0.2, 0) is 6.54 Å². The topological polar surface area (TPSA) is 93.5 Å². The number of aliphatic hydroxyl groups excluding tert-OH is 1. The summed E-state index contributed by atoms with van der Waals surface area (Å²) in [6.45, 7) is 1.31. The maximum absolute atomic E-state index is 9.89. The van der Waals surface area contributed by atoms with Crippen molar-refractivity contribution in [3.05, 3.63) is 54.1 Å². The van der Waals surface area contributed by atoms with E-state index in [1.54, 1.807) is 18.2 Å². The van der Waals surface area contributed by atoms with Crippen molar-refractivity contribution < 1.29 is 9.84 Å². The van der Waals surface area contributed by atoms with Crippen LogP contribution >= 0.6 is 0 Å². The Morgan fingerprint density at radius 3 is 2.57 bits per heavy atom. The van der Waals surface area contributed by atoms with Gasteiger partial charge in [0.15, 0.2) is 0 Å². The lowest BCUT2D eigenvalue weighted by molar-refractivity contribution is 0.106. The molecular weight excluding hydrogens is 266 g/mol. The number of benzene rings is 2. The van der Waals surface area contributed by atoms with E-state index in [0.29, 0.717) is 30.2 Å². The fourth-order valence-electron chi connectivity index (χ4n) is 1.91. The molecule has 5 nitrogen and oxygen atoms in total. The fourth-order valence-corrected chi connectivity index (χ4v) is 1.91. The lowest BCUT2D eigenvalue weighted by Gasteiger charge is -2.15. The molecule has 0 aliphatic rings. The van der Waals surface area contributed by atoms with Crippen LogP contribution in [0.4, 0.5) is 11.4 Å². The van der Waals surface area contributed by atoms with Gasteiger partial charge in [-0.1, -0.05) is 36.4 Å². The number of para-hydroxylation sites is 1. The molecule has 0 fully saturated rings. The van der Waals surface area contributed by atoms with Gasteiger partial charge in [-0.05, 0) is 17.7 Å². The van der Waals surface area contributed by atoms with Gasteiger partial charge in [0.2, 0.25) is 0 Å². The van der Waals surface area contributed by atoms with Crippen molar-refractivity contribution in [3.63, 3.8) is 0 Å². The molecule has 112 valence electrons. The predicted octanol–water partition coefficient (Wildman–Crippen LogP) is 1.38. The Morgan fingerprint density at radius 1 is 1.05 bits per heavy atom. The molecular formula is C16H21N3O2. The highest BCUT2D eigenvalue weighted by atomic mass is 16.5. The number of hydrogen-bond donors (Lipinski definition) is 4. The lowest BCUT2D eigenvalue weighted by Crippen LogP contribution is -2.31. The number of nitrogens with two attached hydrogens (primary N) is 2. The number of anilines is 2. The quantitative estimate of drug-likeness (QED) is 0.577. The minimum absolute atomic E-state index is 0.162. The molecule has 0 amide bonds. The molecule has 2 aromatic rings. The first-order chi connectivity index (χ1) is 10.2. The van der Waals surface area contributed by atoms with Gasteiger partial charge in [-0.2, -0.15) is 0 Å². The van der Waals surface area contributed by atoms with Gasteiger partial charge in [-0.3, -0.25) is 0 Å². The average Bonchev–Trinajstić information content (AvgIpc) is 2.50. The molecule has 0 saturated carbocycles. The summed E-state index contributed by atoms with van der Waals surface area (Å²) in [4.78, 5) is 0. The third kappa shape index (κ3) is 4.66. The number of nitrogen functional groups attached to an aromatic ring is 2. The van der Waals surface area contributed by atoms with Gasteiger partial charge in [0.1, 0.15) is 18.5 Å². The van der Waals surface area contributed by atoms with Crippen molar-refractivity contribution >= 4 is 11.4 Å². The van der Waals surface area contributed by atoms with Crippen molar-refractivity contribution in [2.75, 3.05) is 24.6 Å². The Hall–Kier alpha value is -2.24. The van der Waals surface area contributed by atoms with Gasteiger partial charge in [0.05, 0.1) is 11.4 Å². The van der Waals surface area contributed by atoms with Gasteiger partial charge >= 0.3 is 0 Å². The summed E-state index contributed by atoms with van der Waals surface area (Å²) in [6.07, 6.45) is -0.616. The normalized spacial score (nSPS) is 12.0. The maximum Gasteiger partial charge on any atom is 0.144 e. The zero-order chi connectivity index (χ0) is 15.1. The second-order valence-corrected chi connectivity index (χ2v) is 4.84. The van der Waals surface area contributed by atoms with Gasteiger partial charge in [0, 0.05) is 13.1 Å². The molecule has 2 rings (SSSR count). The van der Waals surface area contributed by atoms with E-state index in [1.807, 2.05) is 30.3 Å². The van der Waals surface area contributed by atoms with Crippen LogP contribution in [0.25, 0.3) is 0 Å². The van der Waals surface area contributed by atoms with Crippen molar-refractivity contribution in [2.24, 2.45) is 0 Å². The second kappa shape index (κ2) is 7.52. The van der Waals surface area contributed by atoms with Crippen LogP contribution in [0.1, 0.15) is 5.56 Å². The smallest absolute Gasteiger partial charge is 0.144 e. The van der Waals surface area contributed by atoms with Crippen LogP contribution in [0.2, 0.25) is 0 Å². The summed E-state index contributed by atoms with van der Waals surface area (Å²) < 4.78 is 5.49. The van der Waals surface area contributed by atoms with E-state index in [9.17, 15) is 5.11 Å². The minimum atomic E-state index is -0.616. The molecule has 0 radical (unpaired) electrons. The fraction of sp³-hybridized carbons (Fsp3) is 0.250. The zero-order valence-electron chi connectivity index (χ0n) is 11.8. The molecule has 0 unspecified atom stereocenters. The number of rotatable bonds is 7. The molecule has 21 heavy (non-hydrogen) atoms. The second-order valence-electron chi connectivity index (χ2n) is 4.84. The van der Waals surface area contributed by atoms with E-state index >= 15 is 0 Å². The summed E-state index contributed by atoms with van der Waals surface area (Å²) >= 11 is 0. The Kier molecular flexibility index (Phi) is 5.43. The number of nitrogens with one attached hydrogen (secondary N) is 1. The molecule has 1 atom stereocenters. The van der Waals surface area contributed by atoms with Gasteiger partial charge in [0.25, 0.3) is 0 Å². The zero-order valence-corrected chi connectivity index (χ0v) is 11.8. The Balaban J connectivity index is 1.72. The summed E-state index contributed by atoms with van der Waals surface area (Å²) in [7, 11) is 0. The van der Waals surface area contributed by atoms with Crippen LogP contribution in [0.5, 0.6) is 5.75 Å². The molecule has 0 spiro atoms. The van der Waals surface area contributed by atoms with E-state index in [-0.39, 0.29) is 6.61 Å². The number of aliphatic hydroxyl groups is 1. The Morgan fingerprint density at radius 2 is 1.81 bits per heavy atom. The van der Waals surface area contributed by atoms with Crippen LogP contribution < -0.4 is 21.5 Å². The van der Waals surface area contributed by atoms with E-state index in [0.717, 1.165) is 0 Å². The van der Waals surface area contributed by atoms with Crippen LogP contribution in [-0.4, -0.2) is 24.4 Å². The summed E-state index contributed by atoms with van der Waals surface area (Å²) in [5.74, 6) is 0.497. The molecule has 0 heterocycles. The number of ether oxygens (including phenoxy) is 1. The first kappa shape index (κ1) is 15.2. The molecule has 2 aromatic carbocycles. The first-order valence-corrected chi connectivity index (χ1v) is 6.86. The minimum Gasteiger partial charge on any atom is -0.489 e. The van der Waals surface area contributed by atoms with Gasteiger partial charge in [-0.15, -0.1) is 0 Å². The van der Waals surface area contributed by atoms with Crippen molar-refractivity contribution in [3.8, 4) is 5.75 Å². The summed E-state index contributed by atoms with van der Waals surface area (Å²) in [6, 6.07) is 15.2. The van der Waals surface area contributed by atoms with E-state index < -0.39 is 6.10 Å². The van der Waals surface area contributed by atoms with E-state index in [4.69, 9.17) is 16.2 Å². The summed E-state index contributed by atoms with van der Waals surface area (Å²) in [5.41, 5.74) is 13.5. The van der Waals surface area contributed by atoms with Crippen molar-refractivity contribution in [1.29, 1.82) is 0 Å². The molecule has 0 aliphatic carbocycles. The highest BCUT2D eigenvalue weighted by Crippen LogP contribution is 2.26. The predicted molar refractivity (Wildman–Crippen MR) is 84.9 cm³/mol. The average molecular weight is 287 g/mol. The molecule has 0 saturated heterocycles. The highest BCUT2D eigenvalue weighted by Gasteiger charge is 2.08. The lowest BCUT2D eigenvalue weighted by atomic mass is 10.2. The molecule has 0 aromatic heterocycles. The highest BCUT2D eigenvalue weighted by molar-refractivity contribution is 5.70. The van der Waals surface area contributed by atoms with Crippen LogP contribution in [0.3, 0.4) is 0 Å². The Labute approximate surface area is 124 Å². The first-order valence-electron chi connectivity index (χ1n) is 6.86. The van der Waals surface area contributed by atoms with Crippen LogP contribution in [0, 0.1) is 0 Å². The van der Waals surface area contributed by atoms with Crippen molar-refractivity contribution in [2.45, 2.75) is 12.6 Å². The molecule has 0 bridgehead atoms. The summed E-state index contributed by atoms with van der Waals surface area (Å²) in [5, 5.41) is 13.1. The molecule has 0 aliphatic heterocycles. The standard InChI is InChI=1S/C16H21N3O2/c17-14-7-4-8-15(16(14)18)21-11-13(20)10-19-9-12-5-2-1-3-6-12/h1-8,13,19-20H,9-11,17-18H2/t13-/m0/s1. The molecule has 6 N–H and O–H groups in total. The largest absolute Gasteiger partial charge is 0.489 e. The van der Waals surface area contributed by atoms with Crippen molar-refractivity contribution in [1.82, 2.24) is 5.32 Å². The third-order valence-corrected chi connectivity index (χ3v) is 3.08. The Bertz CT molecular complexity index is 561. The molecule has 5 heteroatoms. The number of hydrogen-bond acceptors (Lipinski definition) is 5. The van der Waals surface area contributed by atoms with Crippen LogP contribution in [0.15, 0.2) is 48.5 Å².